The lowest BCUT2D eigenvalue weighted by Crippen LogP contribution is -2.19. The highest BCUT2D eigenvalue weighted by molar-refractivity contribution is 7.15. The number of thiazole rings is 1. The summed E-state index contributed by atoms with van der Waals surface area (Å²) in [7, 11) is 0. The number of aromatic nitrogens is 2. The Balaban J connectivity index is 1.62. The number of phenolic OH excluding ortho intramolecular Hbond substituents is 3. The Bertz CT molecular complexity index is 871. The zero-order valence-corrected chi connectivity index (χ0v) is 12.5. The van der Waals surface area contributed by atoms with Gasteiger partial charge in [0.1, 0.15) is 0 Å². The summed E-state index contributed by atoms with van der Waals surface area (Å²) in [5.41, 5.74) is 3.08. The van der Waals surface area contributed by atoms with Gasteiger partial charge in [-0.05, 0) is 12.1 Å². The highest BCUT2D eigenvalue weighted by Crippen LogP contribution is 2.36. The monoisotopic (exact) mass is 332 g/mol. The molecular formula is C14H12N4O4S. The lowest BCUT2D eigenvalue weighted by molar-refractivity contribution is -0.120. The van der Waals surface area contributed by atoms with Crippen LogP contribution in [0.3, 0.4) is 0 Å². The van der Waals surface area contributed by atoms with Crippen molar-refractivity contribution < 1.29 is 20.1 Å². The number of amides is 1. The molecule has 1 aromatic carbocycles. The third-order valence-electron chi connectivity index (χ3n) is 3.04. The van der Waals surface area contributed by atoms with Gasteiger partial charge in [-0.25, -0.2) is 10.4 Å². The van der Waals surface area contributed by atoms with E-state index in [2.05, 4.69) is 15.5 Å². The van der Waals surface area contributed by atoms with Crippen molar-refractivity contribution in [3.05, 3.63) is 41.2 Å². The van der Waals surface area contributed by atoms with E-state index in [1.165, 1.54) is 23.5 Å². The molecule has 1 amide bonds. The van der Waals surface area contributed by atoms with Crippen molar-refractivity contribution >= 4 is 28.4 Å². The number of phenols is 3. The maximum Gasteiger partial charge on any atom is 0.246 e. The minimum atomic E-state index is -0.640. The third-order valence-corrected chi connectivity index (χ3v) is 3.81. The summed E-state index contributed by atoms with van der Waals surface area (Å²) >= 11 is 1.47. The Morgan fingerprint density at radius 1 is 1.35 bits per heavy atom. The molecule has 0 aliphatic heterocycles. The average Bonchev–Trinajstić information content (AvgIpc) is 3.08. The number of imidazole rings is 1. The van der Waals surface area contributed by atoms with Gasteiger partial charge in [0.2, 0.25) is 11.7 Å². The number of aromatic hydroxyl groups is 3. The summed E-state index contributed by atoms with van der Waals surface area (Å²) in [6.07, 6.45) is 4.85. The summed E-state index contributed by atoms with van der Waals surface area (Å²) < 4.78 is 1.83. The van der Waals surface area contributed by atoms with E-state index < -0.39 is 17.2 Å². The topological polar surface area (TPSA) is 119 Å². The lowest BCUT2D eigenvalue weighted by Gasteiger charge is -2.03. The molecule has 8 nitrogen and oxygen atoms in total. The normalized spacial score (nSPS) is 11.3. The van der Waals surface area contributed by atoms with E-state index in [1.807, 2.05) is 16.0 Å². The van der Waals surface area contributed by atoms with Gasteiger partial charge in [0.25, 0.3) is 0 Å². The van der Waals surface area contributed by atoms with Gasteiger partial charge in [0.15, 0.2) is 16.5 Å². The number of benzene rings is 1. The first kappa shape index (κ1) is 14.9. The predicted molar refractivity (Wildman–Crippen MR) is 83.9 cm³/mol. The van der Waals surface area contributed by atoms with Crippen molar-refractivity contribution in [2.45, 2.75) is 6.42 Å². The fourth-order valence-corrected chi connectivity index (χ4v) is 2.65. The fourth-order valence-electron chi connectivity index (χ4n) is 1.93. The van der Waals surface area contributed by atoms with Crippen LogP contribution in [-0.4, -0.2) is 36.8 Å². The van der Waals surface area contributed by atoms with Crippen LogP contribution in [-0.2, 0) is 11.2 Å². The molecule has 0 bridgehead atoms. The summed E-state index contributed by atoms with van der Waals surface area (Å²) in [5.74, 6) is -1.96. The quantitative estimate of drug-likeness (QED) is 0.325. The fraction of sp³-hybridized carbons (Fsp3) is 0.0714. The standard InChI is InChI=1S/C14H12N4O4S/c19-10-2-1-8(12(21)13(10)22)6-15-17-11(20)5-9-7-18-3-4-23-14(18)16-9/h1-4,6-7,19,21-22H,5H2,(H,17,20)/b15-6+. The Morgan fingerprint density at radius 2 is 2.17 bits per heavy atom. The van der Waals surface area contributed by atoms with Crippen LogP contribution in [0.2, 0.25) is 0 Å². The molecule has 0 atom stereocenters. The molecule has 9 heteroatoms. The van der Waals surface area contributed by atoms with E-state index in [4.69, 9.17) is 0 Å². The molecule has 0 unspecified atom stereocenters. The first-order chi connectivity index (χ1) is 11.0. The Morgan fingerprint density at radius 3 is 2.96 bits per heavy atom. The van der Waals surface area contributed by atoms with Gasteiger partial charge in [0.05, 0.1) is 18.3 Å². The third kappa shape index (κ3) is 3.09. The lowest BCUT2D eigenvalue weighted by atomic mass is 10.2. The molecule has 3 aromatic rings. The van der Waals surface area contributed by atoms with Crippen molar-refractivity contribution in [3.63, 3.8) is 0 Å². The second kappa shape index (κ2) is 5.97. The number of nitrogens with one attached hydrogen (secondary N) is 1. The first-order valence-corrected chi connectivity index (χ1v) is 7.39. The van der Waals surface area contributed by atoms with Crippen LogP contribution in [0.15, 0.2) is 35.0 Å². The summed E-state index contributed by atoms with van der Waals surface area (Å²) in [5, 5.41) is 33.8. The van der Waals surface area contributed by atoms with Gasteiger partial charge in [-0.15, -0.1) is 11.3 Å². The summed E-state index contributed by atoms with van der Waals surface area (Å²) in [4.78, 5) is 16.9. The van der Waals surface area contributed by atoms with Gasteiger partial charge in [-0.2, -0.15) is 5.10 Å². The largest absolute Gasteiger partial charge is 0.504 e. The summed E-state index contributed by atoms with van der Waals surface area (Å²) in [6, 6.07) is 2.56. The van der Waals surface area contributed by atoms with Gasteiger partial charge in [-0.1, -0.05) is 0 Å². The predicted octanol–water partition coefficient (Wildman–Crippen LogP) is 1.21. The number of fused-ring (bicyclic) bond motifs is 1. The van der Waals surface area contributed by atoms with E-state index in [1.54, 1.807) is 6.20 Å². The van der Waals surface area contributed by atoms with Crippen LogP contribution >= 0.6 is 11.3 Å². The van der Waals surface area contributed by atoms with Crippen LogP contribution in [0.1, 0.15) is 11.3 Å². The number of hydrogen-bond donors (Lipinski definition) is 4. The van der Waals surface area contributed by atoms with E-state index in [-0.39, 0.29) is 17.9 Å². The van der Waals surface area contributed by atoms with Crippen LogP contribution in [0.4, 0.5) is 0 Å². The molecule has 0 radical (unpaired) electrons. The highest BCUT2D eigenvalue weighted by atomic mass is 32.1. The minimum absolute atomic E-state index is 0.0680. The maximum atomic E-state index is 11.8. The van der Waals surface area contributed by atoms with Crippen LogP contribution < -0.4 is 5.43 Å². The Hall–Kier alpha value is -3.07. The number of nitrogens with zero attached hydrogens (tertiary/aromatic N) is 3. The maximum absolute atomic E-state index is 11.8. The Labute approximate surface area is 134 Å². The highest BCUT2D eigenvalue weighted by Gasteiger charge is 2.10. The van der Waals surface area contributed by atoms with E-state index in [0.29, 0.717) is 5.69 Å². The van der Waals surface area contributed by atoms with Crippen LogP contribution in [0.5, 0.6) is 17.2 Å². The second-order valence-electron chi connectivity index (χ2n) is 4.67. The molecule has 23 heavy (non-hydrogen) atoms. The molecule has 2 aromatic heterocycles. The number of rotatable bonds is 4. The zero-order chi connectivity index (χ0) is 16.4. The number of hydrazone groups is 1. The van der Waals surface area contributed by atoms with Gasteiger partial charge in [-0.3, -0.25) is 9.20 Å². The molecule has 0 aliphatic carbocycles. The van der Waals surface area contributed by atoms with Crippen molar-refractivity contribution in [1.82, 2.24) is 14.8 Å². The van der Waals surface area contributed by atoms with Crippen molar-refractivity contribution in [2.24, 2.45) is 5.10 Å². The second-order valence-corrected chi connectivity index (χ2v) is 5.54. The molecule has 0 spiro atoms. The first-order valence-electron chi connectivity index (χ1n) is 6.51. The van der Waals surface area contributed by atoms with Crippen molar-refractivity contribution in [2.75, 3.05) is 0 Å². The zero-order valence-electron chi connectivity index (χ0n) is 11.7. The van der Waals surface area contributed by atoms with E-state index in [9.17, 15) is 20.1 Å². The molecule has 2 heterocycles. The molecule has 4 N–H and O–H groups in total. The van der Waals surface area contributed by atoms with Crippen molar-refractivity contribution in [1.29, 1.82) is 0 Å². The molecule has 0 saturated carbocycles. The van der Waals surface area contributed by atoms with Crippen LogP contribution in [0.25, 0.3) is 4.96 Å². The molecular weight excluding hydrogens is 320 g/mol. The van der Waals surface area contributed by atoms with Crippen molar-refractivity contribution in [3.8, 4) is 17.2 Å². The molecule has 0 fully saturated rings. The average molecular weight is 332 g/mol. The number of hydrogen-bond acceptors (Lipinski definition) is 7. The minimum Gasteiger partial charge on any atom is -0.504 e. The van der Waals surface area contributed by atoms with E-state index >= 15 is 0 Å². The number of carbonyl (C=O) groups excluding carboxylic acids is 1. The van der Waals surface area contributed by atoms with Gasteiger partial charge >= 0.3 is 0 Å². The molecule has 0 aliphatic rings. The Kier molecular flexibility index (Phi) is 3.85. The molecule has 118 valence electrons. The molecule has 3 rings (SSSR count). The smallest absolute Gasteiger partial charge is 0.246 e. The van der Waals surface area contributed by atoms with Gasteiger partial charge in [0, 0.05) is 23.3 Å². The summed E-state index contributed by atoms with van der Waals surface area (Å²) in [6.45, 7) is 0. The van der Waals surface area contributed by atoms with E-state index in [0.717, 1.165) is 11.2 Å². The number of carbonyl (C=O) groups is 1. The SMILES string of the molecule is O=C(Cc1cn2ccsc2n1)N/N=C/c1ccc(O)c(O)c1O. The van der Waals surface area contributed by atoms with Gasteiger partial charge < -0.3 is 15.3 Å². The molecule has 0 saturated heterocycles. The van der Waals surface area contributed by atoms with Crippen LogP contribution in [0, 0.1) is 0 Å².